The number of hydrogen-bond donors (Lipinski definition) is 2. The molecular weight excluding hydrogens is 372 g/mol. The number of amides is 1. The fourth-order valence-electron chi connectivity index (χ4n) is 2.60. The Kier molecular flexibility index (Phi) is 6.92. The van der Waals surface area contributed by atoms with Gasteiger partial charge < -0.3 is 19.9 Å². The third-order valence-electron chi connectivity index (χ3n) is 3.82. The molecule has 150 valence electrons. The lowest BCUT2D eigenvalue weighted by Gasteiger charge is -2.17. The van der Waals surface area contributed by atoms with Crippen molar-refractivity contribution in [3.05, 3.63) is 58.7 Å². The van der Waals surface area contributed by atoms with Crippen LogP contribution in [0.2, 0.25) is 0 Å². The molecule has 1 amide bonds. The van der Waals surface area contributed by atoms with Crippen LogP contribution in [0, 0.1) is 25.5 Å². The second kappa shape index (κ2) is 9.16. The minimum Gasteiger partial charge on any atom is -0.488 e. The Balaban J connectivity index is 1.98. The van der Waals surface area contributed by atoms with E-state index in [0.717, 1.165) is 12.1 Å². The SMILES string of the molecule is Cc1cc(C(=O)NC(C)COc2ccc(F)cc2F)cc(C)c1OCC(=O)O. The zero-order valence-corrected chi connectivity index (χ0v) is 15.7. The van der Waals surface area contributed by atoms with Gasteiger partial charge >= 0.3 is 5.97 Å². The second-order valence-corrected chi connectivity index (χ2v) is 6.38. The summed E-state index contributed by atoms with van der Waals surface area (Å²) in [5, 5.41) is 11.4. The predicted molar refractivity (Wildman–Crippen MR) is 97.8 cm³/mol. The molecule has 0 aliphatic heterocycles. The van der Waals surface area contributed by atoms with Crippen LogP contribution in [0.1, 0.15) is 28.4 Å². The molecule has 0 spiro atoms. The van der Waals surface area contributed by atoms with Gasteiger partial charge in [0.1, 0.15) is 18.2 Å². The van der Waals surface area contributed by atoms with Crippen molar-refractivity contribution >= 4 is 11.9 Å². The van der Waals surface area contributed by atoms with Crippen LogP contribution in [-0.4, -0.2) is 36.2 Å². The topological polar surface area (TPSA) is 84.9 Å². The van der Waals surface area contributed by atoms with Gasteiger partial charge in [-0.05, 0) is 56.2 Å². The fraction of sp³-hybridized carbons (Fsp3) is 0.300. The van der Waals surface area contributed by atoms with E-state index in [-0.39, 0.29) is 18.3 Å². The summed E-state index contributed by atoms with van der Waals surface area (Å²) in [6, 6.07) is 5.72. The van der Waals surface area contributed by atoms with Crippen molar-refractivity contribution in [2.75, 3.05) is 13.2 Å². The van der Waals surface area contributed by atoms with E-state index in [0.29, 0.717) is 22.4 Å². The summed E-state index contributed by atoms with van der Waals surface area (Å²) in [7, 11) is 0. The molecule has 0 fully saturated rings. The Bertz CT molecular complexity index is 862. The molecule has 2 aromatic carbocycles. The van der Waals surface area contributed by atoms with Crippen molar-refractivity contribution in [1.29, 1.82) is 0 Å². The molecule has 28 heavy (non-hydrogen) atoms. The quantitative estimate of drug-likeness (QED) is 0.719. The van der Waals surface area contributed by atoms with Gasteiger partial charge in [-0.2, -0.15) is 0 Å². The van der Waals surface area contributed by atoms with E-state index in [9.17, 15) is 18.4 Å². The van der Waals surface area contributed by atoms with Crippen molar-refractivity contribution in [3.63, 3.8) is 0 Å². The molecular formula is C20H21F2NO5. The van der Waals surface area contributed by atoms with E-state index < -0.39 is 30.3 Å². The molecule has 0 aliphatic carbocycles. The zero-order chi connectivity index (χ0) is 20.8. The number of ether oxygens (including phenoxy) is 2. The molecule has 2 aromatic rings. The number of carboxylic acids is 1. The normalized spacial score (nSPS) is 11.6. The summed E-state index contributed by atoms with van der Waals surface area (Å²) >= 11 is 0. The molecule has 2 N–H and O–H groups in total. The van der Waals surface area contributed by atoms with Crippen molar-refractivity contribution in [1.82, 2.24) is 5.32 Å². The van der Waals surface area contributed by atoms with E-state index in [1.165, 1.54) is 6.07 Å². The molecule has 0 heterocycles. The highest BCUT2D eigenvalue weighted by Gasteiger charge is 2.15. The highest BCUT2D eigenvalue weighted by Crippen LogP contribution is 2.25. The van der Waals surface area contributed by atoms with Gasteiger partial charge in [-0.1, -0.05) is 0 Å². The van der Waals surface area contributed by atoms with Crippen LogP contribution in [-0.2, 0) is 4.79 Å². The van der Waals surface area contributed by atoms with Crippen molar-refractivity contribution in [2.45, 2.75) is 26.8 Å². The first-order chi connectivity index (χ1) is 13.2. The average Bonchev–Trinajstić information content (AvgIpc) is 2.59. The Morgan fingerprint density at radius 1 is 1.11 bits per heavy atom. The second-order valence-electron chi connectivity index (χ2n) is 6.38. The zero-order valence-electron chi connectivity index (χ0n) is 15.7. The Morgan fingerprint density at radius 3 is 2.32 bits per heavy atom. The smallest absolute Gasteiger partial charge is 0.341 e. The number of hydrogen-bond acceptors (Lipinski definition) is 4. The summed E-state index contributed by atoms with van der Waals surface area (Å²) < 4.78 is 37.0. The maximum Gasteiger partial charge on any atom is 0.341 e. The van der Waals surface area contributed by atoms with E-state index in [1.54, 1.807) is 32.9 Å². The number of rotatable bonds is 8. The number of nitrogens with one attached hydrogen (secondary N) is 1. The first-order valence-corrected chi connectivity index (χ1v) is 8.52. The number of aryl methyl sites for hydroxylation is 2. The third-order valence-corrected chi connectivity index (χ3v) is 3.82. The first kappa shape index (κ1) is 21.1. The van der Waals surface area contributed by atoms with Gasteiger partial charge in [0.15, 0.2) is 18.2 Å². The highest BCUT2D eigenvalue weighted by atomic mass is 19.1. The van der Waals surface area contributed by atoms with Gasteiger partial charge in [-0.3, -0.25) is 4.79 Å². The number of carboxylic acid groups (broad SMARTS) is 1. The lowest BCUT2D eigenvalue weighted by atomic mass is 10.0. The average molecular weight is 393 g/mol. The van der Waals surface area contributed by atoms with Crippen LogP contribution in [0.3, 0.4) is 0 Å². The van der Waals surface area contributed by atoms with E-state index in [1.807, 2.05) is 0 Å². The van der Waals surface area contributed by atoms with Crippen molar-refractivity contribution in [3.8, 4) is 11.5 Å². The molecule has 1 unspecified atom stereocenters. The number of benzene rings is 2. The number of carbonyl (C=O) groups excluding carboxylic acids is 1. The highest BCUT2D eigenvalue weighted by molar-refractivity contribution is 5.95. The molecule has 0 aromatic heterocycles. The predicted octanol–water partition coefficient (Wildman–Crippen LogP) is 3.24. The number of carbonyl (C=O) groups is 2. The summed E-state index contributed by atoms with van der Waals surface area (Å²) in [5.74, 6) is -2.66. The van der Waals surface area contributed by atoms with E-state index in [4.69, 9.17) is 14.6 Å². The molecule has 0 saturated heterocycles. The molecule has 0 bridgehead atoms. The van der Waals surface area contributed by atoms with Crippen LogP contribution in [0.5, 0.6) is 11.5 Å². The summed E-state index contributed by atoms with van der Waals surface area (Å²) in [6.07, 6.45) is 0. The minimum atomic E-state index is -1.09. The lowest BCUT2D eigenvalue weighted by molar-refractivity contribution is -0.139. The standard InChI is InChI=1S/C20H21F2NO5/c1-11-6-14(7-12(2)19(11)28-10-18(24)25)20(26)23-13(3)9-27-17-5-4-15(21)8-16(17)22/h4-8,13H,9-10H2,1-3H3,(H,23,26)(H,24,25). The van der Waals surface area contributed by atoms with Crippen LogP contribution in [0.4, 0.5) is 8.78 Å². The van der Waals surface area contributed by atoms with Crippen molar-refractivity contribution in [2.24, 2.45) is 0 Å². The molecule has 0 radical (unpaired) electrons. The fourth-order valence-corrected chi connectivity index (χ4v) is 2.60. The van der Waals surface area contributed by atoms with Gasteiger partial charge in [-0.15, -0.1) is 0 Å². The van der Waals surface area contributed by atoms with E-state index >= 15 is 0 Å². The molecule has 0 aliphatic rings. The Labute approximate surface area is 161 Å². The van der Waals surface area contributed by atoms with Gasteiger partial charge in [0.2, 0.25) is 0 Å². The van der Waals surface area contributed by atoms with Gasteiger partial charge in [-0.25, -0.2) is 13.6 Å². The van der Waals surface area contributed by atoms with Crippen molar-refractivity contribution < 1.29 is 33.0 Å². The lowest BCUT2D eigenvalue weighted by Crippen LogP contribution is -2.37. The summed E-state index contributed by atoms with van der Waals surface area (Å²) in [5.41, 5.74) is 1.63. The minimum absolute atomic E-state index is 0.00787. The number of aliphatic carboxylic acids is 1. The van der Waals surface area contributed by atoms with Crippen LogP contribution in [0.15, 0.2) is 30.3 Å². The molecule has 2 rings (SSSR count). The van der Waals surface area contributed by atoms with Crippen LogP contribution >= 0.6 is 0 Å². The maximum atomic E-state index is 13.6. The monoisotopic (exact) mass is 393 g/mol. The largest absolute Gasteiger partial charge is 0.488 e. The summed E-state index contributed by atoms with van der Waals surface area (Å²) in [4.78, 5) is 23.1. The Morgan fingerprint density at radius 2 is 1.75 bits per heavy atom. The third kappa shape index (κ3) is 5.67. The number of halogens is 2. The molecule has 0 saturated carbocycles. The van der Waals surface area contributed by atoms with Gasteiger partial charge in [0.25, 0.3) is 5.91 Å². The van der Waals surface area contributed by atoms with Gasteiger partial charge in [0, 0.05) is 11.6 Å². The van der Waals surface area contributed by atoms with E-state index in [2.05, 4.69) is 5.32 Å². The maximum absolute atomic E-state index is 13.6. The molecule has 8 heteroatoms. The summed E-state index contributed by atoms with van der Waals surface area (Å²) in [6.45, 7) is 4.63. The van der Waals surface area contributed by atoms with Gasteiger partial charge in [0.05, 0.1) is 6.04 Å². The molecule has 6 nitrogen and oxygen atoms in total. The van der Waals surface area contributed by atoms with Crippen LogP contribution in [0.25, 0.3) is 0 Å². The van der Waals surface area contributed by atoms with Crippen LogP contribution < -0.4 is 14.8 Å². The molecule has 1 atom stereocenters. The Hall–Kier alpha value is -3.16. The first-order valence-electron chi connectivity index (χ1n) is 8.52.